The quantitative estimate of drug-likeness (QED) is 0.752. The van der Waals surface area contributed by atoms with E-state index in [9.17, 15) is 18.4 Å². The van der Waals surface area contributed by atoms with E-state index in [-0.39, 0.29) is 23.8 Å². The maximum absolute atomic E-state index is 12.7. The van der Waals surface area contributed by atoms with E-state index < -0.39 is 12.3 Å². The summed E-state index contributed by atoms with van der Waals surface area (Å²) in [5.74, 6) is -0.935. The number of nitrogens with zero attached hydrogens (tertiary/aromatic N) is 4. The molecule has 1 N–H and O–H groups in total. The Bertz CT molecular complexity index is 1050. The largest absolute Gasteiger partial charge is 0.333 e. The average molecular weight is 373 g/mol. The van der Waals surface area contributed by atoms with E-state index in [1.54, 1.807) is 29.2 Å². The van der Waals surface area contributed by atoms with Crippen molar-refractivity contribution in [2.75, 3.05) is 6.54 Å². The predicted molar refractivity (Wildman–Crippen MR) is 88.0 cm³/mol. The third-order valence-electron chi connectivity index (χ3n) is 4.32. The highest BCUT2D eigenvalue weighted by molar-refractivity contribution is 5.94. The number of fused-ring (bicyclic) bond motifs is 1. The standard InChI is InChI=1S/C17H13F2N5O3/c18-13(19)16-22-14(23-27-16)9-1-3-10(4-2-9)17(26)24-6-5-11-12(7-24)20-8-21-15(11)25/h1-4,8,13H,5-7H2,(H,20,21,25). The Morgan fingerprint density at radius 2 is 2.04 bits per heavy atom. The second kappa shape index (κ2) is 6.71. The van der Waals surface area contributed by atoms with Gasteiger partial charge in [-0.05, 0) is 18.6 Å². The maximum atomic E-state index is 12.7. The molecule has 2 aromatic heterocycles. The van der Waals surface area contributed by atoms with Crippen LogP contribution in [-0.4, -0.2) is 37.5 Å². The summed E-state index contributed by atoms with van der Waals surface area (Å²) in [4.78, 5) is 36.3. The number of carbonyl (C=O) groups excluding carboxylic acids is 1. The highest BCUT2D eigenvalue weighted by Gasteiger charge is 2.24. The number of carbonyl (C=O) groups is 1. The van der Waals surface area contributed by atoms with Crippen molar-refractivity contribution in [3.63, 3.8) is 0 Å². The van der Waals surface area contributed by atoms with Crippen molar-refractivity contribution in [2.45, 2.75) is 19.4 Å². The van der Waals surface area contributed by atoms with Crippen LogP contribution in [0.3, 0.4) is 0 Å². The Kier molecular flexibility index (Phi) is 4.22. The lowest BCUT2D eigenvalue weighted by atomic mass is 10.0. The molecule has 0 aliphatic carbocycles. The van der Waals surface area contributed by atoms with Gasteiger partial charge < -0.3 is 14.4 Å². The van der Waals surface area contributed by atoms with Crippen LogP contribution in [0.1, 0.15) is 33.9 Å². The lowest BCUT2D eigenvalue weighted by Crippen LogP contribution is -2.38. The molecule has 3 aromatic rings. The van der Waals surface area contributed by atoms with Gasteiger partial charge in [-0.25, -0.2) is 4.98 Å². The lowest BCUT2D eigenvalue weighted by molar-refractivity contribution is 0.0731. The average Bonchev–Trinajstić information content (AvgIpc) is 3.18. The van der Waals surface area contributed by atoms with Crippen LogP contribution in [0.4, 0.5) is 8.78 Å². The van der Waals surface area contributed by atoms with Crippen molar-refractivity contribution in [1.82, 2.24) is 25.0 Å². The van der Waals surface area contributed by atoms with Gasteiger partial charge in [0.05, 0.1) is 18.6 Å². The van der Waals surface area contributed by atoms with Gasteiger partial charge in [-0.2, -0.15) is 13.8 Å². The molecule has 0 bridgehead atoms. The summed E-state index contributed by atoms with van der Waals surface area (Å²) in [6, 6.07) is 6.26. The fourth-order valence-corrected chi connectivity index (χ4v) is 2.92. The fourth-order valence-electron chi connectivity index (χ4n) is 2.92. The zero-order valence-corrected chi connectivity index (χ0v) is 13.9. The number of rotatable bonds is 3. The Balaban J connectivity index is 1.52. The maximum Gasteiger partial charge on any atom is 0.315 e. The number of aromatic amines is 1. The molecule has 0 radical (unpaired) electrons. The first-order valence-electron chi connectivity index (χ1n) is 8.10. The van der Waals surface area contributed by atoms with Crippen molar-refractivity contribution >= 4 is 5.91 Å². The minimum absolute atomic E-state index is 0.0274. The molecule has 0 unspecified atom stereocenters. The number of nitrogens with one attached hydrogen (secondary N) is 1. The van der Waals surface area contributed by atoms with Crippen LogP contribution in [0.2, 0.25) is 0 Å². The molecule has 3 heterocycles. The first kappa shape index (κ1) is 17.0. The van der Waals surface area contributed by atoms with Crippen molar-refractivity contribution in [1.29, 1.82) is 0 Å². The summed E-state index contributed by atoms with van der Waals surface area (Å²) in [6.07, 6.45) is -1.08. The minimum atomic E-state index is -2.84. The smallest absolute Gasteiger partial charge is 0.315 e. The van der Waals surface area contributed by atoms with E-state index in [1.165, 1.54) is 6.33 Å². The van der Waals surface area contributed by atoms with Crippen LogP contribution >= 0.6 is 0 Å². The predicted octanol–water partition coefficient (Wildman–Crippen LogP) is 1.96. The third kappa shape index (κ3) is 3.21. The molecule has 1 aliphatic rings. The molecule has 138 valence electrons. The van der Waals surface area contributed by atoms with Crippen LogP contribution < -0.4 is 5.56 Å². The summed E-state index contributed by atoms with van der Waals surface area (Å²) in [7, 11) is 0. The molecule has 0 saturated carbocycles. The molecule has 0 spiro atoms. The molecule has 4 rings (SSSR count). The zero-order chi connectivity index (χ0) is 19.0. The van der Waals surface area contributed by atoms with Crippen LogP contribution in [0, 0.1) is 0 Å². The summed E-state index contributed by atoms with van der Waals surface area (Å²) in [6.45, 7) is 0.660. The molecule has 1 amide bonds. The van der Waals surface area contributed by atoms with E-state index in [4.69, 9.17) is 0 Å². The third-order valence-corrected chi connectivity index (χ3v) is 4.32. The molecule has 0 fully saturated rings. The number of benzene rings is 1. The second-order valence-electron chi connectivity index (χ2n) is 5.97. The van der Waals surface area contributed by atoms with Crippen LogP contribution in [0.5, 0.6) is 0 Å². The number of halogens is 2. The van der Waals surface area contributed by atoms with Gasteiger partial charge in [-0.15, -0.1) is 0 Å². The van der Waals surface area contributed by atoms with E-state index in [2.05, 4.69) is 24.6 Å². The van der Waals surface area contributed by atoms with Gasteiger partial charge in [0.15, 0.2) is 0 Å². The number of aromatic nitrogens is 4. The Morgan fingerprint density at radius 3 is 2.74 bits per heavy atom. The van der Waals surface area contributed by atoms with Gasteiger partial charge >= 0.3 is 6.43 Å². The van der Waals surface area contributed by atoms with E-state index >= 15 is 0 Å². The molecular weight excluding hydrogens is 360 g/mol. The van der Waals surface area contributed by atoms with Gasteiger partial charge in [0, 0.05) is 23.2 Å². The van der Waals surface area contributed by atoms with Crippen molar-refractivity contribution in [2.24, 2.45) is 0 Å². The highest BCUT2D eigenvalue weighted by atomic mass is 19.3. The fraction of sp³-hybridized carbons (Fsp3) is 0.235. The summed E-state index contributed by atoms with van der Waals surface area (Å²) in [5.41, 5.74) is 1.88. The highest BCUT2D eigenvalue weighted by Crippen LogP contribution is 2.22. The molecule has 1 aliphatic heterocycles. The monoisotopic (exact) mass is 373 g/mol. The summed E-state index contributed by atoms with van der Waals surface area (Å²) < 4.78 is 29.5. The normalized spacial score (nSPS) is 13.7. The van der Waals surface area contributed by atoms with E-state index in [0.717, 1.165) is 0 Å². The summed E-state index contributed by atoms with van der Waals surface area (Å²) >= 11 is 0. The molecule has 27 heavy (non-hydrogen) atoms. The van der Waals surface area contributed by atoms with Crippen LogP contribution in [-0.2, 0) is 13.0 Å². The minimum Gasteiger partial charge on any atom is -0.333 e. The van der Waals surface area contributed by atoms with Crippen LogP contribution in [0.15, 0.2) is 39.9 Å². The summed E-state index contributed by atoms with van der Waals surface area (Å²) in [5, 5.41) is 3.50. The Labute approximate surface area is 150 Å². The molecule has 0 saturated heterocycles. The number of hydrogen-bond acceptors (Lipinski definition) is 6. The van der Waals surface area contributed by atoms with Gasteiger partial charge in [0.25, 0.3) is 17.4 Å². The number of amides is 1. The first-order valence-corrected chi connectivity index (χ1v) is 8.10. The molecule has 10 heteroatoms. The zero-order valence-electron chi connectivity index (χ0n) is 13.9. The van der Waals surface area contributed by atoms with E-state index in [1.807, 2.05) is 0 Å². The SMILES string of the molecule is O=C(c1ccc(-c2noc(C(F)F)n2)cc1)N1CCc2c(nc[nH]c2=O)C1. The number of hydrogen-bond donors (Lipinski definition) is 1. The van der Waals surface area contributed by atoms with Crippen molar-refractivity contribution in [3.8, 4) is 11.4 Å². The van der Waals surface area contributed by atoms with Crippen LogP contribution in [0.25, 0.3) is 11.4 Å². The number of alkyl halides is 2. The second-order valence-corrected chi connectivity index (χ2v) is 5.97. The van der Waals surface area contributed by atoms with Crippen molar-refractivity contribution in [3.05, 3.63) is 63.7 Å². The first-order chi connectivity index (χ1) is 13.0. The van der Waals surface area contributed by atoms with E-state index in [0.29, 0.717) is 35.3 Å². The molecule has 8 nitrogen and oxygen atoms in total. The van der Waals surface area contributed by atoms with Crippen molar-refractivity contribution < 1.29 is 18.1 Å². The van der Waals surface area contributed by atoms with Gasteiger partial charge in [0.2, 0.25) is 5.82 Å². The molecular formula is C17H13F2N5O3. The van der Waals surface area contributed by atoms with Gasteiger partial charge in [0.1, 0.15) is 0 Å². The Morgan fingerprint density at radius 1 is 1.26 bits per heavy atom. The van der Waals surface area contributed by atoms with Gasteiger partial charge in [-0.3, -0.25) is 9.59 Å². The lowest BCUT2D eigenvalue weighted by Gasteiger charge is -2.27. The topological polar surface area (TPSA) is 105 Å². The number of H-pyrrole nitrogens is 1. The van der Waals surface area contributed by atoms with Gasteiger partial charge in [-0.1, -0.05) is 17.3 Å². The Hall–Kier alpha value is -3.43. The molecule has 1 aromatic carbocycles. The molecule has 0 atom stereocenters.